The lowest BCUT2D eigenvalue weighted by Gasteiger charge is -2.10. The molecule has 0 radical (unpaired) electrons. The Morgan fingerprint density at radius 2 is 2.00 bits per heavy atom. The van der Waals surface area contributed by atoms with E-state index < -0.39 is 11.7 Å². The van der Waals surface area contributed by atoms with Gasteiger partial charge in [0.15, 0.2) is 5.65 Å². The average molecular weight is 415 g/mol. The molecule has 10 heteroatoms. The van der Waals surface area contributed by atoms with Crippen LogP contribution in [0.25, 0.3) is 22.6 Å². The predicted octanol–water partition coefficient (Wildman–Crippen LogP) is 3.83. The van der Waals surface area contributed by atoms with Gasteiger partial charge >= 0.3 is 6.18 Å². The van der Waals surface area contributed by atoms with Gasteiger partial charge in [0.2, 0.25) is 0 Å². The lowest BCUT2D eigenvalue weighted by atomic mass is 10.1. The van der Waals surface area contributed by atoms with Gasteiger partial charge in [-0.05, 0) is 18.6 Å². The van der Waals surface area contributed by atoms with Crippen LogP contribution in [0, 0.1) is 0 Å². The zero-order chi connectivity index (χ0) is 19.4. The van der Waals surface area contributed by atoms with Crippen molar-refractivity contribution in [1.82, 2.24) is 20.3 Å². The van der Waals surface area contributed by atoms with Crippen molar-refractivity contribution >= 4 is 29.5 Å². The summed E-state index contributed by atoms with van der Waals surface area (Å²) in [7, 11) is 1.57. The van der Waals surface area contributed by atoms with Gasteiger partial charge in [-0.1, -0.05) is 18.2 Å². The highest BCUT2D eigenvalue weighted by Crippen LogP contribution is 2.36. The Labute approximate surface area is 164 Å². The molecule has 0 saturated carbocycles. The molecule has 2 N–H and O–H groups in total. The van der Waals surface area contributed by atoms with Gasteiger partial charge in [0, 0.05) is 32.0 Å². The molecule has 6 nitrogen and oxygen atoms in total. The van der Waals surface area contributed by atoms with Gasteiger partial charge in [-0.25, -0.2) is 9.97 Å². The maximum Gasteiger partial charge on any atom is 0.417 e. The van der Waals surface area contributed by atoms with Crippen LogP contribution in [-0.4, -0.2) is 41.1 Å². The molecule has 3 rings (SSSR count). The molecule has 1 aromatic carbocycles. The van der Waals surface area contributed by atoms with E-state index in [1.807, 2.05) is 0 Å². The molecule has 0 aliphatic carbocycles. The summed E-state index contributed by atoms with van der Waals surface area (Å²) >= 11 is 0. The molecular weight excluding hydrogens is 397 g/mol. The van der Waals surface area contributed by atoms with Gasteiger partial charge in [0.1, 0.15) is 5.82 Å². The fraction of sp³-hybridized carbons (Fsp3) is 0.278. The maximum atomic E-state index is 13.3. The second-order valence-corrected chi connectivity index (χ2v) is 5.79. The van der Waals surface area contributed by atoms with Gasteiger partial charge in [-0.2, -0.15) is 13.2 Å². The molecule has 150 valence electrons. The largest absolute Gasteiger partial charge is 0.417 e. The van der Waals surface area contributed by atoms with Crippen LogP contribution in [0.4, 0.5) is 13.2 Å². The van der Waals surface area contributed by atoms with Crippen molar-refractivity contribution < 1.29 is 22.7 Å². The first-order valence-electron chi connectivity index (χ1n) is 8.20. The third-order valence-corrected chi connectivity index (χ3v) is 3.94. The molecule has 2 aromatic heterocycles. The molecule has 2 heterocycles. The fourth-order valence-corrected chi connectivity index (χ4v) is 2.68. The Balaban J connectivity index is 0.00000280. The summed E-state index contributed by atoms with van der Waals surface area (Å²) in [5, 5.41) is 2.74. The van der Waals surface area contributed by atoms with Crippen LogP contribution in [0.15, 0.2) is 36.5 Å². The van der Waals surface area contributed by atoms with E-state index in [1.165, 1.54) is 30.5 Å². The number of rotatable bonds is 6. The number of hydrogen-bond donors (Lipinski definition) is 2. The number of nitrogens with one attached hydrogen (secondary N) is 2. The summed E-state index contributed by atoms with van der Waals surface area (Å²) in [6.45, 7) is 0.920. The third kappa shape index (κ3) is 4.60. The van der Waals surface area contributed by atoms with Crippen LogP contribution in [0.1, 0.15) is 22.3 Å². The first kappa shape index (κ1) is 21.6. The van der Waals surface area contributed by atoms with Gasteiger partial charge in [-0.15, -0.1) is 12.4 Å². The van der Waals surface area contributed by atoms with Crippen molar-refractivity contribution in [2.45, 2.75) is 12.6 Å². The Morgan fingerprint density at radius 3 is 2.71 bits per heavy atom. The molecular formula is C18H18ClF3N4O2. The number of hydrogen-bond acceptors (Lipinski definition) is 4. The molecule has 0 aliphatic heterocycles. The summed E-state index contributed by atoms with van der Waals surface area (Å²) in [4.78, 5) is 23.4. The van der Waals surface area contributed by atoms with Crippen molar-refractivity contribution in [3.8, 4) is 11.4 Å². The SMILES string of the molecule is COCCCNC(=O)c1ccnc2nc(-c3ccccc3C(F)(F)F)[nH]c12.Cl. The number of benzene rings is 1. The smallest absolute Gasteiger partial charge is 0.385 e. The van der Waals surface area contributed by atoms with Crippen LogP contribution in [0.2, 0.25) is 0 Å². The lowest BCUT2D eigenvalue weighted by molar-refractivity contribution is -0.137. The van der Waals surface area contributed by atoms with E-state index in [0.717, 1.165) is 6.07 Å². The van der Waals surface area contributed by atoms with Crippen LogP contribution < -0.4 is 5.32 Å². The summed E-state index contributed by atoms with van der Waals surface area (Å²) in [5.74, 6) is -0.358. The van der Waals surface area contributed by atoms with Crippen molar-refractivity contribution in [1.29, 1.82) is 0 Å². The van der Waals surface area contributed by atoms with E-state index in [1.54, 1.807) is 7.11 Å². The zero-order valence-corrected chi connectivity index (χ0v) is 15.7. The van der Waals surface area contributed by atoms with Crippen LogP contribution in [0.5, 0.6) is 0 Å². The Bertz CT molecular complexity index is 959. The average Bonchev–Trinajstić information content (AvgIpc) is 3.08. The maximum absolute atomic E-state index is 13.3. The molecule has 0 saturated heterocycles. The Morgan fingerprint density at radius 1 is 1.25 bits per heavy atom. The number of imidazole rings is 1. The highest BCUT2D eigenvalue weighted by molar-refractivity contribution is 6.04. The van der Waals surface area contributed by atoms with Gasteiger partial charge in [0.25, 0.3) is 5.91 Å². The number of aromatic nitrogens is 3. The molecule has 0 spiro atoms. The quantitative estimate of drug-likeness (QED) is 0.601. The number of methoxy groups -OCH3 is 1. The number of alkyl halides is 3. The minimum Gasteiger partial charge on any atom is -0.385 e. The Kier molecular flexibility index (Phi) is 6.98. The van der Waals surface area contributed by atoms with E-state index in [0.29, 0.717) is 19.6 Å². The van der Waals surface area contributed by atoms with Gasteiger partial charge in [-0.3, -0.25) is 4.79 Å². The number of pyridine rings is 1. The fourth-order valence-electron chi connectivity index (χ4n) is 2.68. The van der Waals surface area contributed by atoms with Crippen molar-refractivity contribution in [3.63, 3.8) is 0 Å². The standard InChI is InChI=1S/C18H17F3N4O2.ClH/c1-27-10-4-8-23-17(26)12-7-9-22-16-14(12)24-15(25-16)11-5-2-3-6-13(11)18(19,20)21;/h2-3,5-7,9H,4,8,10H2,1H3,(H,23,26)(H,22,24,25);1H. The molecule has 1 amide bonds. The van der Waals surface area contributed by atoms with Crippen molar-refractivity contribution in [3.05, 3.63) is 47.7 Å². The number of nitrogens with zero attached hydrogens (tertiary/aromatic N) is 2. The normalized spacial score (nSPS) is 11.3. The number of halogens is 4. The van der Waals surface area contributed by atoms with E-state index in [4.69, 9.17) is 4.74 Å². The van der Waals surface area contributed by atoms with Crippen LogP contribution in [-0.2, 0) is 10.9 Å². The number of H-pyrrole nitrogens is 1. The first-order chi connectivity index (χ1) is 12.9. The molecule has 0 bridgehead atoms. The summed E-state index contributed by atoms with van der Waals surface area (Å²) in [6, 6.07) is 6.61. The summed E-state index contributed by atoms with van der Waals surface area (Å²) in [6.07, 6.45) is -2.49. The molecule has 0 atom stereocenters. The number of carbonyl (C=O) groups excluding carboxylic acids is 1. The number of fused-ring (bicyclic) bond motifs is 1. The van der Waals surface area contributed by atoms with Crippen molar-refractivity contribution in [2.24, 2.45) is 0 Å². The highest BCUT2D eigenvalue weighted by atomic mass is 35.5. The number of carbonyl (C=O) groups is 1. The third-order valence-electron chi connectivity index (χ3n) is 3.94. The lowest BCUT2D eigenvalue weighted by Crippen LogP contribution is -2.25. The first-order valence-corrected chi connectivity index (χ1v) is 8.20. The number of ether oxygens (including phenoxy) is 1. The Hall–Kier alpha value is -2.65. The monoisotopic (exact) mass is 414 g/mol. The van der Waals surface area contributed by atoms with E-state index in [9.17, 15) is 18.0 Å². The molecule has 0 fully saturated rings. The zero-order valence-electron chi connectivity index (χ0n) is 14.8. The van der Waals surface area contributed by atoms with Crippen LogP contribution >= 0.6 is 12.4 Å². The summed E-state index contributed by atoms with van der Waals surface area (Å²) in [5.41, 5.74) is -0.190. The molecule has 3 aromatic rings. The number of aromatic amines is 1. The molecule has 0 unspecified atom stereocenters. The second kappa shape index (κ2) is 9.03. The van der Waals surface area contributed by atoms with E-state index in [2.05, 4.69) is 20.3 Å². The minimum atomic E-state index is -4.52. The molecule has 0 aliphatic rings. The second-order valence-electron chi connectivity index (χ2n) is 5.79. The van der Waals surface area contributed by atoms with Crippen LogP contribution in [0.3, 0.4) is 0 Å². The van der Waals surface area contributed by atoms with E-state index in [-0.39, 0.29) is 46.4 Å². The highest BCUT2D eigenvalue weighted by Gasteiger charge is 2.34. The topological polar surface area (TPSA) is 79.9 Å². The van der Waals surface area contributed by atoms with E-state index >= 15 is 0 Å². The minimum absolute atomic E-state index is 0. The summed E-state index contributed by atoms with van der Waals surface area (Å²) < 4.78 is 44.7. The van der Waals surface area contributed by atoms with Gasteiger partial charge < -0.3 is 15.0 Å². The molecule has 28 heavy (non-hydrogen) atoms. The van der Waals surface area contributed by atoms with Gasteiger partial charge in [0.05, 0.1) is 16.6 Å². The van der Waals surface area contributed by atoms with Crippen molar-refractivity contribution in [2.75, 3.05) is 20.3 Å². The predicted molar refractivity (Wildman–Crippen MR) is 100 cm³/mol. The number of amides is 1.